The van der Waals surface area contributed by atoms with Crippen LogP contribution in [0.2, 0.25) is 0 Å². The molecular weight excluding hydrogens is 180 g/mol. The van der Waals surface area contributed by atoms with E-state index in [1.165, 1.54) is 6.33 Å². The first-order valence-electron chi connectivity index (χ1n) is 4.05. The van der Waals surface area contributed by atoms with Gasteiger partial charge in [-0.25, -0.2) is 9.78 Å². The lowest BCUT2D eigenvalue weighted by molar-refractivity contribution is 0.0697. The van der Waals surface area contributed by atoms with Crippen LogP contribution in [-0.4, -0.2) is 21.0 Å². The minimum Gasteiger partial charge on any atom is -0.478 e. The summed E-state index contributed by atoms with van der Waals surface area (Å²) in [7, 11) is 0. The van der Waals surface area contributed by atoms with Crippen LogP contribution in [0, 0.1) is 0 Å². The van der Waals surface area contributed by atoms with Crippen LogP contribution in [0.1, 0.15) is 15.9 Å². The number of carboxylic acid groups (broad SMARTS) is 1. The fraction of sp³-hybridized carbons (Fsp3) is 0. The topological polar surface area (TPSA) is 66.0 Å². The minimum absolute atomic E-state index is 0.233. The van der Waals surface area contributed by atoms with Crippen molar-refractivity contribution in [2.75, 3.05) is 0 Å². The van der Waals surface area contributed by atoms with Crippen LogP contribution in [0.25, 0.3) is 17.1 Å². The predicted octanol–water partition coefficient (Wildman–Crippen LogP) is 1.90. The van der Waals surface area contributed by atoms with E-state index in [0.29, 0.717) is 5.52 Å². The maximum absolute atomic E-state index is 10.8. The number of hydrogen-bond donors (Lipinski definition) is 2. The number of aromatic nitrogens is 2. The van der Waals surface area contributed by atoms with Gasteiger partial charge in [-0.1, -0.05) is 12.7 Å². The Bertz CT molecular complexity index is 514. The Kier molecular flexibility index (Phi) is 1.81. The second-order valence-electron chi connectivity index (χ2n) is 2.87. The molecule has 70 valence electrons. The number of aromatic carboxylic acids is 1. The van der Waals surface area contributed by atoms with E-state index in [1.807, 2.05) is 0 Å². The van der Waals surface area contributed by atoms with Gasteiger partial charge in [0.1, 0.15) is 0 Å². The second kappa shape index (κ2) is 2.99. The van der Waals surface area contributed by atoms with Crippen molar-refractivity contribution >= 4 is 23.1 Å². The molecule has 1 aromatic carbocycles. The zero-order chi connectivity index (χ0) is 10.1. The fourth-order valence-corrected chi connectivity index (χ4v) is 1.36. The molecule has 0 radical (unpaired) electrons. The zero-order valence-electron chi connectivity index (χ0n) is 7.32. The van der Waals surface area contributed by atoms with Gasteiger partial charge in [0, 0.05) is 5.56 Å². The lowest BCUT2D eigenvalue weighted by Gasteiger charge is -1.98. The van der Waals surface area contributed by atoms with Crippen molar-refractivity contribution in [3.63, 3.8) is 0 Å². The lowest BCUT2D eigenvalue weighted by atomic mass is 10.1. The third kappa shape index (κ3) is 1.17. The number of rotatable bonds is 2. The lowest BCUT2D eigenvalue weighted by Crippen LogP contribution is -1.96. The van der Waals surface area contributed by atoms with Crippen LogP contribution in [0.3, 0.4) is 0 Å². The minimum atomic E-state index is -0.954. The fourth-order valence-electron chi connectivity index (χ4n) is 1.36. The number of aromatic amines is 1. The number of fused-ring (bicyclic) bond motifs is 1. The predicted molar refractivity (Wildman–Crippen MR) is 53.1 cm³/mol. The van der Waals surface area contributed by atoms with Gasteiger partial charge in [-0.3, -0.25) is 0 Å². The van der Waals surface area contributed by atoms with Gasteiger partial charge in [0.2, 0.25) is 0 Å². The molecule has 0 fully saturated rings. The maximum Gasteiger partial charge on any atom is 0.335 e. The van der Waals surface area contributed by atoms with Crippen molar-refractivity contribution in [2.24, 2.45) is 0 Å². The first-order valence-corrected chi connectivity index (χ1v) is 4.05. The van der Waals surface area contributed by atoms with Crippen molar-refractivity contribution in [1.29, 1.82) is 0 Å². The van der Waals surface area contributed by atoms with Crippen molar-refractivity contribution in [2.45, 2.75) is 0 Å². The molecule has 14 heavy (non-hydrogen) atoms. The van der Waals surface area contributed by atoms with E-state index in [9.17, 15) is 4.79 Å². The van der Waals surface area contributed by atoms with Crippen LogP contribution < -0.4 is 0 Å². The summed E-state index contributed by atoms with van der Waals surface area (Å²) in [4.78, 5) is 17.7. The molecule has 2 N–H and O–H groups in total. The highest BCUT2D eigenvalue weighted by molar-refractivity contribution is 5.95. The van der Waals surface area contributed by atoms with Gasteiger partial charge in [-0.05, 0) is 12.1 Å². The van der Waals surface area contributed by atoms with Crippen molar-refractivity contribution in [3.05, 3.63) is 36.2 Å². The molecule has 0 spiro atoms. The maximum atomic E-state index is 10.8. The molecule has 0 aliphatic rings. The summed E-state index contributed by atoms with van der Waals surface area (Å²) < 4.78 is 0. The van der Waals surface area contributed by atoms with E-state index in [-0.39, 0.29) is 5.56 Å². The van der Waals surface area contributed by atoms with Crippen LogP contribution in [-0.2, 0) is 0 Å². The number of nitrogens with one attached hydrogen (secondary N) is 1. The molecule has 0 atom stereocenters. The number of benzene rings is 1. The number of imidazole rings is 1. The summed E-state index contributed by atoms with van der Waals surface area (Å²) in [5.41, 5.74) is 2.41. The van der Waals surface area contributed by atoms with Crippen molar-refractivity contribution < 1.29 is 9.90 Å². The average molecular weight is 188 g/mol. The van der Waals surface area contributed by atoms with Crippen LogP contribution in [0.5, 0.6) is 0 Å². The van der Waals surface area contributed by atoms with Crippen LogP contribution >= 0.6 is 0 Å². The molecule has 2 rings (SSSR count). The Labute approximate surface area is 79.9 Å². The Morgan fingerprint density at radius 1 is 1.57 bits per heavy atom. The van der Waals surface area contributed by atoms with Crippen molar-refractivity contribution in [3.8, 4) is 0 Å². The van der Waals surface area contributed by atoms with Gasteiger partial charge < -0.3 is 10.1 Å². The highest BCUT2D eigenvalue weighted by atomic mass is 16.4. The van der Waals surface area contributed by atoms with E-state index in [0.717, 1.165) is 11.1 Å². The van der Waals surface area contributed by atoms with E-state index < -0.39 is 5.97 Å². The molecule has 0 bridgehead atoms. The van der Waals surface area contributed by atoms with Gasteiger partial charge in [-0.2, -0.15) is 0 Å². The molecule has 0 saturated carbocycles. The monoisotopic (exact) mass is 188 g/mol. The van der Waals surface area contributed by atoms with Crippen LogP contribution in [0.4, 0.5) is 0 Å². The largest absolute Gasteiger partial charge is 0.478 e. The van der Waals surface area contributed by atoms with Gasteiger partial charge in [0.25, 0.3) is 0 Å². The third-order valence-electron chi connectivity index (χ3n) is 2.02. The Morgan fingerprint density at radius 3 is 3.00 bits per heavy atom. The van der Waals surface area contributed by atoms with E-state index in [1.54, 1.807) is 18.2 Å². The van der Waals surface area contributed by atoms with E-state index in [2.05, 4.69) is 16.5 Å². The summed E-state index contributed by atoms with van der Waals surface area (Å²) in [6, 6.07) is 3.11. The highest BCUT2D eigenvalue weighted by Gasteiger charge is 2.08. The molecule has 0 aliphatic carbocycles. The first-order chi connectivity index (χ1) is 6.72. The molecule has 1 heterocycles. The third-order valence-corrected chi connectivity index (χ3v) is 2.02. The molecular formula is C10H8N2O2. The van der Waals surface area contributed by atoms with E-state index in [4.69, 9.17) is 5.11 Å². The molecule has 0 aliphatic heterocycles. The number of nitrogens with zero attached hydrogens (tertiary/aromatic N) is 1. The Morgan fingerprint density at radius 2 is 2.36 bits per heavy atom. The summed E-state index contributed by atoms with van der Waals surface area (Å²) in [5, 5.41) is 8.83. The standard InChI is InChI=1S/C10H8N2O2/c1-2-6-3-7(10(13)14)4-8-9(6)12-5-11-8/h2-5H,1H2,(H,11,12)(H,13,14). The first kappa shape index (κ1) is 8.50. The quantitative estimate of drug-likeness (QED) is 0.756. The van der Waals surface area contributed by atoms with Gasteiger partial charge in [0.15, 0.2) is 0 Å². The Balaban J connectivity index is 2.79. The molecule has 4 nitrogen and oxygen atoms in total. The summed E-state index contributed by atoms with van der Waals surface area (Å²) >= 11 is 0. The van der Waals surface area contributed by atoms with Crippen LogP contribution in [0.15, 0.2) is 25.0 Å². The number of H-pyrrole nitrogens is 1. The molecule has 0 saturated heterocycles. The van der Waals surface area contributed by atoms with Crippen molar-refractivity contribution in [1.82, 2.24) is 9.97 Å². The van der Waals surface area contributed by atoms with Gasteiger partial charge >= 0.3 is 5.97 Å². The SMILES string of the molecule is C=Cc1cc(C(=O)O)cc2[nH]cnc12. The number of carboxylic acids is 1. The molecule has 2 aromatic rings. The molecule has 0 unspecified atom stereocenters. The molecule has 0 amide bonds. The number of carbonyl (C=O) groups is 1. The molecule has 1 aromatic heterocycles. The summed E-state index contributed by atoms with van der Waals surface area (Å²) in [6.45, 7) is 3.61. The average Bonchev–Trinajstić information content (AvgIpc) is 2.63. The van der Waals surface area contributed by atoms with Gasteiger partial charge in [0.05, 0.1) is 22.9 Å². The second-order valence-corrected chi connectivity index (χ2v) is 2.87. The summed E-state index contributed by atoms with van der Waals surface area (Å²) in [5.74, 6) is -0.954. The smallest absolute Gasteiger partial charge is 0.335 e. The zero-order valence-corrected chi connectivity index (χ0v) is 7.32. The van der Waals surface area contributed by atoms with Gasteiger partial charge in [-0.15, -0.1) is 0 Å². The van der Waals surface area contributed by atoms with E-state index >= 15 is 0 Å². The highest BCUT2D eigenvalue weighted by Crippen LogP contribution is 2.18. The summed E-state index contributed by atoms with van der Waals surface area (Å²) in [6.07, 6.45) is 3.12. The Hall–Kier alpha value is -2.10. The molecule has 4 heteroatoms. The normalized spacial score (nSPS) is 10.3. The number of hydrogen-bond acceptors (Lipinski definition) is 2.